The third kappa shape index (κ3) is 3.89. The minimum atomic E-state index is -0.535. The Morgan fingerprint density at radius 2 is 2.18 bits per heavy atom. The van der Waals surface area contributed by atoms with Crippen LogP contribution in [0.2, 0.25) is 0 Å². The maximum atomic E-state index is 14.0. The van der Waals surface area contributed by atoms with Gasteiger partial charge in [-0.1, -0.05) is 12.1 Å². The van der Waals surface area contributed by atoms with Crippen molar-refractivity contribution in [3.8, 4) is 0 Å². The second-order valence-electron chi connectivity index (χ2n) is 7.67. The van der Waals surface area contributed by atoms with Gasteiger partial charge in [0.25, 0.3) is 11.6 Å². The van der Waals surface area contributed by atoms with E-state index in [2.05, 4.69) is 10.5 Å². The van der Waals surface area contributed by atoms with Crippen LogP contribution in [0, 0.1) is 21.8 Å². The van der Waals surface area contributed by atoms with E-state index in [4.69, 9.17) is 4.52 Å². The number of carbonyl (C=O) groups is 1. The van der Waals surface area contributed by atoms with E-state index in [1.54, 1.807) is 6.07 Å². The number of hydrogen-bond donors (Lipinski definition) is 1. The van der Waals surface area contributed by atoms with E-state index in [0.717, 1.165) is 30.7 Å². The van der Waals surface area contributed by atoms with E-state index >= 15 is 0 Å². The Labute approximate surface area is 160 Å². The highest BCUT2D eigenvalue weighted by Crippen LogP contribution is 2.40. The van der Waals surface area contributed by atoms with Crippen LogP contribution in [0.25, 0.3) is 0 Å². The van der Waals surface area contributed by atoms with Crippen LogP contribution >= 0.6 is 0 Å². The molecule has 2 heterocycles. The molecule has 2 atom stereocenters. The van der Waals surface area contributed by atoms with Gasteiger partial charge in [-0.2, -0.15) is 0 Å². The molecule has 2 aliphatic rings. The molecule has 1 amide bonds. The highest BCUT2D eigenvalue weighted by Gasteiger charge is 2.33. The molecule has 0 radical (unpaired) electrons. The molecule has 148 valence electrons. The van der Waals surface area contributed by atoms with Gasteiger partial charge < -0.3 is 9.84 Å². The first-order chi connectivity index (χ1) is 13.4. The van der Waals surface area contributed by atoms with Crippen molar-refractivity contribution in [2.45, 2.75) is 38.3 Å². The van der Waals surface area contributed by atoms with Crippen molar-refractivity contribution in [2.75, 3.05) is 13.1 Å². The summed E-state index contributed by atoms with van der Waals surface area (Å²) >= 11 is 0. The number of halogens is 1. The smallest absolute Gasteiger partial charge is 0.273 e. The minimum Gasteiger partial charge on any atom is -0.360 e. The van der Waals surface area contributed by atoms with Crippen molar-refractivity contribution in [1.82, 2.24) is 15.4 Å². The molecule has 2 aromatic rings. The molecule has 1 aliphatic carbocycles. The highest BCUT2D eigenvalue weighted by molar-refractivity contribution is 5.92. The van der Waals surface area contributed by atoms with Crippen molar-refractivity contribution >= 4 is 11.6 Å². The van der Waals surface area contributed by atoms with E-state index in [1.807, 2.05) is 11.8 Å². The predicted octanol–water partition coefficient (Wildman–Crippen LogP) is 2.85. The Morgan fingerprint density at radius 3 is 2.89 bits per heavy atom. The number of nitro groups is 1. The van der Waals surface area contributed by atoms with Crippen molar-refractivity contribution < 1.29 is 18.6 Å². The Bertz CT molecular complexity index is 911. The summed E-state index contributed by atoms with van der Waals surface area (Å²) in [5.41, 5.74) is 0.419. The van der Waals surface area contributed by atoms with Gasteiger partial charge >= 0.3 is 0 Å². The van der Waals surface area contributed by atoms with Gasteiger partial charge in [0.1, 0.15) is 11.6 Å². The van der Waals surface area contributed by atoms with Gasteiger partial charge in [-0.05, 0) is 24.8 Å². The summed E-state index contributed by atoms with van der Waals surface area (Å²) in [6.07, 6.45) is 2.14. The number of non-ortho nitro benzene ring substituents is 1. The fourth-order valence-corrected chi connectivity index (χ4v) is 3.62. The molecule has 8 nitrogen and oxygen atoms in total. The Morgan fingerprint density at radius 1 is 1.39 bits per heavy atom. The van der Waals surface area contributed by atoms with Crippen LogP contribution in [-0.2, 0) is 6.54 Å². The fourth-order valence-electron chi connectivity index (χ4n) is 3.62. The number of likely N-dealkylation sites (tertiary alicyclic amines) is 1. The first-order valence-electron chi connectivity index (χ1n) is 9.33. The zero-order valence-electron chi connectivity index (χ0n) is 15.4. The van der Waals surface area contributed by atoms with E-state index in [9.17, 15) is 19.3 Å². The molecule has 2 fully saturated rings. The van der Waals surface area contributed by atoms with Gasteiger partial charge in [-0.15, -0.1) is 0 Å². The molecule has 1 saturated heterocycles. The molecule has 0 unspecified atom stereocenters. The summed E-state index contributed by atoms with van der Waals surface area (Å²) in [7, 11) is 0. The summed E-state index contributed by atoms with van der Waals surface area (Å²) in [5.74, 6) is 0.546. The largest absolute Gasteiger partial charge is 0.360 e. The third-order valence-electron chi connectivity index (χ3n) is 5.38. The molecule has 9 heteroatoms. The Kier molecular flexibility index (Phi) is 4.84. The van der Waals surface area contributed by atoms with Crippen LogP contribution in [0.4, 0.5) is 10.1 Å². The summed E-state index contributed by atoms with van der Waals surface area (Å²) in [5, 5.41) is 17.7. The quantitative estimate of drug-likeness (QED) is 0.603. The molecule has 4 rings (SSSR count). The second kappa shape index (κ2) is 7.31. The lowest BCUT2D eigenvalue weighted by Gasteiger charge is -2.17. The highest BCUT2D eigenvalue weighted by atomic mass is 19.1. The van der Waals surface area contributed by atoms with Gasteiger partial charge in [0.05, 0.1) is 4.92 Å². The maximum absolute atomic E-state index is 14.0. The number of benzene rings is 1. The Hall–Kier alpha value is -2.81. The van der Waals surface area contributed by atoms with Gasteiger partial charge in [0.15, 0.2) is 5.69 Å². The number of nitrogens with one attached hydrogen (secondary N) is 1. The van der Waals surface area contributed by atoms with Crippen molar-refractivity contribution in [2.24, 2.45) is 5.92 Å². The number of amides is 1. The van der Waals surface area contributed by atoms with Gasteiger partial charge in [0, 0.05) is 55.4 Å². The topological polar surface area (TPSA) is 102 Å². The molecular weight excluding hydrogens is 367 g/mol. The number of hydrogen-bond acceptors (Lipinski definition) is 6. The van der Waals surface area contributed by atoms with Gasteiger partial charge in [-0.25, -0.2) is 4.39 Å². The van der Waals surface area contributed by atoms with Crippen LogP contribution in [-0.4, -0.2) is 40.0 Å². The lowest BCUT2D eigenvalue weighted by atomic mass is 10.1. The van der Waals surface area contributed by atoms with E-state index < -0.39 is 10.7 Å². The van der Waals surface area contributed by atoms with E-state index in [1.165, 1.54) is 6.07 Å². The third-order valence-corrected chi connectivity index (χ3v) is 5.38. The van der Waals surface area contributed by atoms with E-state index in [0.29, 0.717) is 19.0 Å². The number of nitro benzene ring substituents is 1. The number of nitrogens with zero attached hydrogens (tertiary/aromatic N) is 3. The molecule has 1 aliphatic heterocycles. The monoisotopic (exact) mass is 388 g/mol. The molecule has 28 heavy (non-hydrogen) atoms. The summed E-state index contributed by atoms with van der Waals surface area (Å²) in [4.78, 5) is 24.8. The minimum absolute atomic E-state index is 0.115. The lowest BCUT2D eigenvalue weighted by Crippen LogP contribution is -2.40. The summed E-state index contributed by atoms with van der Waals surface area (Å²) in [6, 6.07) is 5.12. The zero-order valence-corrected chi connectivity index (χ0v) is 15.4. The fraction of sp³-hybridized carbons (Fsp3) is 0.474. The molecule has 1 aromatic carbocycles. The summed E-state index contributed by atoms with van der Waals surface area (Å²) < 4.78 is 19.3. The molecule has 1 saturated carbocycles. The van der Waals surface area contributed by atoms with Crippen LogP contribution < -0.4 is 5.32 Å². The molecule has 0 spiro atoms. The number of aromatic nitrogens is 1. The molecular formula is C19H21FN4O4. The average molecular weight is 388 g/mol. The van der Waals surface area contributed by atoms with Crippen LogP contribution in [0.15, 0.2) is 28.8 Å². The SMILES string of the molecule is C[C@H]1CN(Cc2cc([N+](=O)[O-])ccc2F)C[C@H]1NC(=O)c1cc(C2CC2)on1. The van der Waals surface area contributed by atoms with Crippen molar-refractivity contribution in [3.05, 3.63) is 57.2 Å². The van der Waals surface area contributed by atoms with Gasteiger partial charge in [-0.3, -0.25) is 19.8 Å². The first-order valence-corrected chi connectivity index (χ1v) is 9.33. The normalized spacial score (nSPS) is 22.4. The lowest BCUT2D eigenvalue weighted by molar-refractivity contribution is -0.385. The number of rotatable bonds is 6. The van der Waals surface area contributed by atoms with E-state index in [-0.39, 0.29) is 41.4 Å². The Balaban J connectivity index is 1.38. The van der Waals surface area contributed by atoms with Crippen molar-refractivity contribution in [3.63, 3.8) is 0 Å². The predicted molar refractivity (Wildman–Crippen MR) is 97.2 cm³/mol. The maximum Gasteiger partial charge on any atom is 0.273 e. The van der Waals surface area contributed by atoms with Crippen LogP contribution in [0.1, 0.15) is 47.5 Å². The zero-order chi connectivity index (χ0) is 19.8. The van der Waals surface area contributed by atoms with Crippen molar-refractivity contribution in [1.29, 1.82) is 0 Å². The van der Waals surface area contributed by atoms with Gasteiger partial charge in [0.2, 0.25) is 0 Å². The van der Waals surface area contributed by atoms with Crippen LogP contribution in [0.3, 0.4) is 0 Å². The second-order valence-corrected chi connectivity index (χ2v) is 7.67. The summed E-state index contributed by atoms with van der Waals surface area (Å²) in [6.45, 7) is 3.44. The van der Waals surface area contributed by atoms with Crippen LogP contribution in [0.5, 0.6) is 0 Å². The first kappa shape index (κ1) is 18.5. The average Bonchev–Trinajstić information content (AvgIpc) is 3.28. The molecule has 1 aromatic heterocycles. The standard InChI is InChI=1S/C19H21FN4O4/c1-11-8-23(9-13-6-14(24(26)27)4-5-15(13)20)10-17(11)21-19(25)16-7-18(28-22-16)12-2-3-12/h4-7,11-12,17H,2-3,8-10H2,1H3,(H,21,25)/t11-,17+/m0/s1. The number of carbonyl (C=O) groups excluding carboxylic acids is 1. The molecule has 0 bridgehead atoms. The molecule has 1 N–H and O–H groups in total.